The van der Waals surface area contributed by atoms with Crippen LogP contribution in [0, 0.1) is 0 Å². The molecule has 2 aromatic rings. The molecule has 6 heteroatoms. The number of pyridine rings is 1. The van der Waals surface area contributed by atoms with Crippen molar-refractivity contribution < 1.29 is 14.7 Å². The number of hydrogen-bond donors (Lipinski definition) is 2. The first-order chi connectivity index (χ1) is 10.1. The Kier molecular flexibility index (Phi) is 5.05. The smallest absolute Gasteiger partial charge is 0.326 e. The maximum atomic E-state index is 12.0. The first kappa shape index (κ1) is 15.2. The molecule has 0 bridgehead atoms. The monoisotopic (exact) mass is 348 g/mol. The van der Waals surface area contributed by atoms with E-state index >= 15 is 0 Å². The van der Waals surface area contributed by atoms with E-state index in [-0.39, 0.29) is 6.42 Å². The second kappa shape index (κ2) is 6.99. The Morgan fingerprint density at radius 2 is 1.76 bits per heavy atom. The number of halogens is 1. The third kappa shape index (κ3) is 4.39. The summed E-state index contributed by atoms with van der Waals surface area (Å²) in [6.45, 7) is 0. The molecule has 0 aliphatic carbocycles. The number of nitrogens with zero attached hydrogens (tertiary/aromatic N) is 1. The third-order valence-corrected chi connectivity index (χ3v) is 3.43. The molecule has 1 aromatic carbocycles. The Labute approximate surface area is 130 Å². The fourth-order valence-corrected chi connectivity index (χ4v) is 2.07. The van der Waals surface area contributed by atoms with Crippen molar-refractivity contribution in [2.75, 3.05) is 0 Å². The predicted molar refractivity (Wildman–Crippen MR) is 81.0 cm³/mol. The van der Waals surface area contributed by atoms with Crippen molar-refractivity contribution in [1.82, 2.24) is 10.3 Å². The fraction of sp³-hybridized carbons (Fsp3) is 0.133. The summed E-state index contributed by atoms with van der Waals surface area (Å²) in [4.78, 5) is 27.1. The van der Waals surface area contributed by atoms with Crippen LogP contribution in [0.25, 0.3) is 0 Å². The van der Waals surface area contributed by atoms with Gasteiger partial charge in [-0.25, -0.2) is 4.79 Å². The highest BCUT2D eigenvalue weighted by molar-refractivity contribution is 9.10. The maximum Gasteiger partial charge on any atom is 0.326 e. The molecule has 0 saturated heterocycles. The zero-order chi connectivity index (χ0) is 15.2. The second-order valence-corrected chi connectivity index (χ2v) is 5.35. The molecule has 2 rings (SSSR count). The number of nitrogens with one attached hydrogen (secondary N) is 1. The van der Waals surface area contributed by atoms with E-state index in [1.165, 1.54) is 24.5 Å². The van der Waals surface area contributed by atoms with E-state index in [9.17, 15) is 14.7 Å². The maximum absolute atomic E-state index is 12.0. The molecule has 1 atom stereocenters. The number of aromatic nitrogens is 1. The number of rotatable bonds is 5. The minimum Gasteiger partial charge on any atom is -0.480 e. The fourth-order valence-electron chi connectivity index (χ4n) is 1.80. The Morgan fingerprint density at radius 3 is 2.33 bits per heavy atom. The second-order valence-electron chi connectivity index (χ2n) is 4.43. The molecule has 0 unspecified atom stereocenters. The Morgan fingerprint density at radius 1 is 1.14 bits per heavy atom. The van der Waals surface area contributed by atoms with E-state index in [4.69, 9.17) is 0 Å². The van der Waals surface area contributed by atoms with Crippen LogP contribution in [-0.4, -0.2) is 28.0 Å². The number of carboxylic acids is 1. The van der Waals surface area contributed by atoms with Crippen LogP contribution < -0.4 is 5.32 Å². The van der Waals surface area contributed by atoms with Crippen molar-refractivity contribution in [3.05, 3.63) is 64.4 Å². The van der Waals surface area contributed by atoms with Gasteiger partial charge in [0.1, 0.15) is 6.04 Å². The SMILES string of the molecule is O=C(N[C@@H](Cc1ccc(Br)cc1)C(=O)O)c1ccncc1. The number of carbonyl (C=O) groups is 2. The lowest BCUT2D eigenvalue weighted by atomic mass is 10.1. The minimum atomic E-state index is -1.07. The summed E-state index contributed by atoms with van der Waals surface area (Å²) in [6, 6.07) is 9.39. The molecule has 5 nitrogen and oxygen atoms in total. The summed E-state index contributed by atoms with van der Waals surface area (Å²) in [5.41, 5.74) is 1.22. The lowest BCUT2D eigenvalue weighted by molar-refractivity contribution is -0.139. The summed E-state index contributed by atoms with van der Waals surface area (Å²) in [5, 5.41) is 11.8. The van der Waals surface area contributed by atoms with E-state index in [0.717, 1.165) is 10.0 Å². The van der Waals surface area contributed by atoms with E-state index in [1.807, 2.05) is 24.3 Å². The summed E-state index contributed by atoms with van der Waals surface area (Å²) in [5.74, 6) is -1.50. The lowest BCUT2D eigenvalue weighted by Gasteiger charge is -2.14. The summed E-state index contributed by atoms with van der Waals surface area (Å²) < 4.78 is 0.916. The molecule has 0 radical (unpaired) electrons. The van der Waals surface area contributed by atoms with Gasteiger partial charge in [0.05, 0.1) is 0 Å². The zero-order valence-electron chi connectivity index (χ0n) is 11.0. The summed E-state index contributed by atoms with van der Waals surface area (Å²) >= 11 is 3.32. The van der Waals surface area contributed by atoms with Crippen LogP contribution in [0.2, 0.25) is 0 Å². The standard InChI is InChI=1S/C15H13BrN2O3/c16-12-3-1-10(2-4-12)9-13(15(20)21)18-14(19)11-5-7-17-8-6-11/h1-8,13H,9H2,(H,18,19)(H,20,21)/t13-/m0/s1. The number of carbonyl (C=O) groups excluding carboxylic acids is 1. The van der Waals surface area contributed by atoms with Crippen molar-refractivity contribution in [2.45, 2.75) is 12.5 Å². The zero-order valence-corrected chi connectivity index (χ0v) is 12.6. The molecule has 1 heterocycles. The molecule has 21 heavy (non-hydrogen) atoms. The van der Waals surface area contributed by atoms with Crippen molar-refractivity contribution in [1.29, 1.82) is 0 Å². The van der Waals surface area contributed by atoms with Gasteiger partial charge in [0.2, 0.25) is 0 Å². The van der Waals surface area contributed by atoms with Crippen molar-refractivity contribution in [2.24, 2.45) is 0 Å². The molecule has 0 aliphatic heterocycles. The van der Waals surface area contributed by atoms with Gasteiger partial charge in [0.25, 0.3) is 5.91 Å². The molecule has 1 aromatic heterocycles. The molecule has 108 valence electrons. The minimum absolute atomic E-state index is 0.222. The van der Waals surface area contributed by atoms with E-state index < -0.39 is 17.9 Å². The first-order valence-electron chi connectivity index (χ1n) is 6.24. The summed E-state index contributed by atoms with van der Waals surface area (Å²) in [6.07, 6.45) is 3.19. The van der Waals surface area contributed by atoms with Crippen LogP contribution in [0.15, 0.2) is 53.3 Å². The van der Waals surface area contributed by atoms with Crippen molar-refractivity contribution >= 4 is 27.8 Å². The van der Waals surface area contributed by atoms with Gasteiger partial charge in [-0.2, -0.15) is 0 Å². The summed E-state index contributed by atoms with van der Waals surface area (Å²) in [7, 11) is 0. The van der Waals surface area contributed by atoms with Crippen LogP contribution >= 0.6 is 15.9 Å². The van der Waals surface area contributed by atoms with Gasteiger partial charge < -0.3 is 10.4 Å². The molecular formula is C15H13BrN2O3. The normalized spacial score (nSPS) is 11.7. The molecule has 0 fully saturated rings. The average Bonchev–Trinajstić information content (AvgIpc) is 2.49. The van der Waals surface area contributed by atoms with Gasteiger partial charge >= 0.3 is 5.97 Å². The number of benzene rings is 1. The van der Waals surface area contributed by atoms with Crippen molar-refractivity contribution in [3.8, 4) is 0 Å². The largest absolute Gasteiger partial charge is 0.480 e. The first-order valence-corrected chi connectivity index (χ1v) is 7.03. The van der Waals surface area contributed by atoms with Gasteiger partial charge in [-0.3, -0.25) is 9.78 Å². The molecule has 0 saturated carbocycles. The van der Waals surface area contributed by atoms with E-state index in [2.05, 4.69) is 26.2 Å². The van der Waals surface area contributed by atoms with Gasteiger partial charge in [-0.15, -0.1) is 0 Å². The van der Waals surface area contributed by atoms with Crippen LogP contribution in [-0.2, 0) is 11.2 Å². The predicted octanol–water partition coefficient (Wildman–Crippen LogP) is 2.27. The van der Waals surface area contributed by atoms with E-state index in [1.54, 1.807) is 0 Å². The van der Waals surface area contributed by atoms with Gasteiger partial charge in [0.15, 0.2) is 0 Å². The van der Waals surface area contributed by atoms with Gasteiger partial charge in [-0.05, 0) is 29.8 Å². The molecule has 0 aliphatic rings. The Hall–Kier alpha value is -2.21. The van der Waals surface area contributed by atoms with Crippen LogP contribution in [0.1, 0.15) is 15.9 Å². The number of amides is 1. The third-order valence-electron chi connectivity index (χ3n) is 2.90. The molecule has 0 spiro atoms. The highest BCUT2D eigenvalue weighted by atomic mass is 79.9. The highest BCUT2D eigenvalue weighted by Gasteiger charge is 2.21. The van der Waals surface area contributed by atoms with Crippen LogP contribution in [0.4, 0.5) is 0 Å². The Bertz CT molecular complexity index is 629. The molecular weight excluding hydrogens is 336 g/mol. The average molecular weight is 349 g/mol. The van der Waals surface area contributed by atoms with Crippen molar-refractivity contribution in [3.63, 3.8) is 0 Å². The van der Waals surface area contributed by atoms with Gasteiger partial charge in [0, 0.05) is 28.9 Å². The highest BCUT2D eigenvalue weighted by Crippen LogP contribution is 2.12. The topological polar surface area (TPSA) is 79.3 Å². The Balaban J connectivity index is 2.07. The van der Waals surface area contributed by atoms with Crippen LogP contribution in [0.3, 0.4) is 0 Å². The number of hydrogen-bond acceptors (Lipinski definition) is 3. The van der Waals surface area contributed by atoms with E-state index in [0.29, 0.717) is 5.56 Å². The number of aliphatic carboxylic acids is 1. The number of carboxylic acid groups (broad SMARTS) is 1. The molecule has 1 amide bonds. The van der Waals surface area contributed by atoms with Crippen LogP contribution in [0.5, 0.6) is 0 Å². The lowest BCUT2D eigenvalue weighted by Crippen LogP contribution is -2.42. The van der Waals surface area contributed by atoms with Gasteiger partial charge in [-0.1, -0.05) is 28.1 Å². The molecule has 2 N–H and O–H groups in total. The quantitative estimate of drug-likeness (QED) is 0.868.